The number of hydrogen-bond acceptors (Lipinski definition) is 5. The molecule has 0 unspecified atom stereocenters. The van der Waals surface area contributed by atoms with Crippen molar-refractivity contribution >= 4 is 5.71 Å². The van der Waals surface area contributed by atoms with Crippen molar-refractivity contribution in [3.63, 3.8) is 0 Å². The Labute approximate surface area is 104 Å². The van der Waals surface area contributed by atoms with Crippen molar-refractivity contribution in [1.82, 2.24) is 9.80 Å². The van der Waals surface area contributed by atoms with Crippen molar-refractivity contribution in [1.29, 1.82) is 0 Å². The summed E-state index contributed by atoms with van der Waals surface area (Å²) in [6.07, 6.45) is 1.65. The summed E-state index contributed by atoms with van der Waals surface area (Å²) in [7, 11) is 3.68. The average molecular weight is 241 g/mol. The minimum absolute atomic E-state index is 0.463. The summed E-state index contributed by atoms with van der Waals surface area (Å²) in [6.45, 7) is 10.3. The van der Waals surface area contributed by atoms with E-state index in [4.69, 9.17) is 4.74 Å². The summed E-state index contributed by atoms with van der Waals surface area (Å²) in [5.41, 5.74) is 0.728. The lowest BCUT2D eigenvalue weighted by Crippen LogP contribution is -2.45. The number of ether oxygens (including phenoxy) is 1. The zero-order chi connectivity index (χ0) is 12.5. The van der Waals surface area contributed by atoms with Crippen molar-refractivity contribution in [2.24, 2.45) is 5.16 Å². The predicted molar refractivity (Wildman–Crippen MR) is 69.4 cm³/mol. The number of rotatable bonds is 7. The summed E-state index contributed by atoms with van der Waals surface area (Å²) in [4.78, 5) is 9.44. The highest BCUT2D eigenvalue weighted by atomic mass is 16.6. The third-order valence-electron chi connectivity index (χ3n) is 2.84. The van der Waals surface area contributed by atoms with Crippen LogP contribution in [0.25, 0.3) is 0 Å². The van der Waals surface area contributed by atoms with E-state index in [2.05, 4.69) is 33.4 Å². The molecule has 1 fully saturated rings. The second-order valence-corrected chi connectivity index (χ2v) is 4.17. The van der Waals surface area contributed by atoms with E-state index in [-0.39, 0.29) is 0 Å². The van der Waals surface area contributed by atoms with Crippen molar-refractivity contribution in [2.45, 2.75) is 0 Å². The topological polar surface area (TPSA) is 37.3 Å². The molecule has 1 rings (SSSR count). The van der Waals surface area contributed by atoms with Crippen LogP contribution in [0, 0.1) is 0 Å². The van der Waals surface area contributed by atoms with Gasteiger partial charge in [-0.3, -0.25) is 4.90 Å². The molecule has 17 heavy (non-hydrogen) atoms. The average Bonchev–Trinajstić information content (AvgIpc) is 2.35. The molecule has 5 heteroatoms. The van der Waals surface area contributed by atoms with Crippen LogP contribution in [0.3, 0.4) is 0 Å². The van der Waals surface area contributed by atoms with Crippen LogP contribution in [-0.4, -0.2) is 75.6 Å². The standard InChI is InChI=1S/C12H23N3O2/c1-4-12(13-16-3)11-17-10-9-15-7-5-14(2)6-8-15/h4H,1,5-11H2,2-3H3/b13-12+. The zero-order valence-electron chi connectivity index (χ0n) is 10.9. The highest BCUT2D eigenvalue weighted by Gasteiger charge is 2.12. The van der Waals surface area contributed by atoms with E-state index >= 15 is 0 Å². The van der Waals surface area contributed by atoms with Crippen LogP contribution in [0.2, 0.25) is 0 Å². The summed E-state index contributed by atoms with van der Waals surface area (Å²) >= 11 is 0. The Morgan fingerprint density at radius 1 is 1.35 bits per heavy atom. The van der Waals surface area contributed by atoms with Gasteiger partial charge in [0.2, 0.25) is 0 Å². The highest BCUT2D eigenvalue weighted by Crippen LogP contribution is 1.98. The molecule has 0 amide bonds. The first-order valence-corrected chi connectivity index (χ1v) is 5.97. The van der Waals surface area contributed by atoms with Gasteiger partial charge in [0.25, 0.3) is 0 Å². The summed E-state index contributed by atoms with van der Waals surface area (Å²) < 4.78 is 5.53. The van der Waals surface area contributed by atoms with Gasteiger partial charge in [0.1, 0.15) is 12.8 Å². The van der Waals surface area contributed by atoms with Gasteiger partial charge in [-0.2, -0.15) is 0 Å². The quantitative estimate of drug-likeness (QED) is 0.368. The van der Waals surface area contributed by atoms with Crippen molar-refractivity contribution in [3.8, 4) is 0 Å². The molecule has 0 saturated carbocycles. The molecule has 0 aliphatic carbocycles. The Bertz CT molecular complexity index is 248. The lowest BCUT2D eigenvalue weighted by Gasteiger charge is -2.32. The van der Waals surface area contributed by atoms with Gasteiger partial charge in [-0.15, -0.1) is 0 Å². The highest BCUT2D eigenvalue weighted by molar-refractivity contribution is 5.95. The van der Waals surface area contributed by atoms with E-state index in [1.54, 1.807) is 6.08 Å². The van der Waals surface area contributed by atoms with E-state index < -0.39 is 0 Å². The van der Waals surface area contributed by atoms with Gasteiger partial charge in [-0.25, -0.2) is 0 Å². The van der Waals surface area contributed by atoms with E-state index in [0.29, 0.717) is 6.61 Å². The number of nitrogens with zero attached hydrogens (tertiary/aromatic N) is 3. The smallest absolute Gasteiger partial charge is 0.106 e. The van der Waals surface area contributed by atoms with Gasteiger partial charge in [-0.1, -0.05) is 11.7 Å². The first-order valence-electron chi connectivity index (χ1n) is 5.97. The molecular formula is C12H23N3O2. The maximum atomic E-state index is 5.53. The van der Waals surface area contributed by atoms with Gasteiger partial charge in [0, 0.05) is 32.7 Å². The number of piperazine rings is 1. The molecule has 0 aromatic rings. The molecular weight excluding hydrogens is 218 g/mol. The predicted octanol–water partition coefficient (Wildman–Crippen LogP) is 0.439. The Kier molecular flexibility index (Phi) is 6.84. The van der Waals surface area contributed by atoms with E-state index in [9.17, 15) is 0 Å². The van der Waals surface area contributed by atoms with Crippen LogP contribution < -0.4 is 0 Å². The second-order valence-electron chi connectivity index (χ2n) is 4.17. The molecule has 98 valence electrons. The first kappa shape index (κ1) is 14.2. The summed E-state index contributed by atoms with van der Waals surface area (Å²) in [6, 6.07) is 0. The third kappa shape index (κ3) is 5.81. The fraction of sp³-hybridized carbons (Fsp3) is 0.750. The normalized spacial score (nSPS) is 19.3. The maximum Gasteiger partial charge on any atom is 0.106 e. The summed E-state index contributed by atoms with van der Waals surface area (Å²) in [5, 5.41) is 3.79. The minimum atomic E-state index is 0.463. The Balaban J connectivity index is 2.07. The molecule has 0 atom stereocenters. The molecule has 0 aromatic heterocycles. The van der Waals surface area contributed by atoms with Crippen molar-refractivity contribution in [2.75, 3.05) is 60.1 Å². The molecule has 1 aliphatic rings. The lowest BCUT2D eigenvalue weighted by molar-refractivity contribution is 0.0973. The molecule has 1 aliphatic heterocycles. The molecule has 0 spiro atoms. The Morgan fingerprint density at radius 3 is 2.65 bits per heavy atom. The van der Waals surface area contributed by atoms with Crippen molar-refractivity contribution < 1.29 is 9.57 Å². The van der Waals surface area contributed by atoms with Gasteiger partial charge in [0.15, 0.2) is 0 Å². The molecule has 0 aromatic carbocycles. The monoisotopic (exact) mass is 241 g/mol. The van der Waals surface area contributed by atoms with Gasteiger partial charge < -0.3 is 14.5 Å². The van der Waals surface area contributed by atoms with Crippen LogP contribution in [0.1, 0.15) is 0 Å². The molecule has 1 saturated heterocycles. The maximum absolute atomic E-state index is 5.53. The second kappa shape index (κ2) is 8.22. The molecule has 5 nitrogen and oxygen atoms in total. The summed E-state index contributed by atoms with van der Waals surface area (Å²) in [5.74, 6) is 0. The number of oxime groups is 1. The van der Waals surface area contributed by atoms with Crippen LogP contribution in [0.4, 0.5) is 0 Å². The molecule has 0 N–H and O–H groups in total. The Hall–Kier alpha value is -0.910. The van der Waals surface area contributed by atoms with Gasteiger partial charge in [0.05, 0.1) is 13.2 Å². The lowest BCUT2D eigenvalue weighted by atomic mass is 10.3. The van der Waals surface area contributed by atoms with Crippen molar-refractivity contribution in [3.05, 3.63) is 12.7 Å². The Morgan fingerprint density at radius 2 is 2.06 bits per heavy atom. The van der Waals surface area contributed by atoms with E-state index in [1.807, 2.05) is 0 Å². The van der Waals surface area contributed by atoms with Crippen LogP contribution in [0.15, 0.2) is 17.8 Å². The molecule has 1 heterocycles. The van der Waals surface area contributed by atoms with Gasteiger partial charge in [-0.05, 0) is 13.1 Å². The largest absolute Gasteiger partial charge is 0.399 e. The number of hydrogen-bond donors (Lipinski definition) is 0. The molecule has 0 radical (unpaired) electrons. The zero-order valence-corrected chi connectivity index (χ0v) is 10.9. The SMILES string of the molecule is C=C/C(COCCN1CCN(C)CC1)=N\OC. The van der Waals surface area contributed by atoms with E-state index in [0.717, 1.165) is 45.0 Å². The van der Waals surface area contributed by atoms with Crippen LogP contribution in [-0.2, 0) is 9.57 Å². The fourth-order valence-corrected chi connectivity index (χ4v) is 1.68. The third-order valence-corrected chi connectivity index (χ3v) is 2.84. The first-order chi connectivity index (χ1) is 8.26. The fourth-order valence-electron chi connectivity index (χ4n) is 1.68. The van der Waals surface area contributed by atoms with E-state index in [1.165, 1.54) is 7.11 Å². The van der Waals surface area contributed by atoms with Crippen LogP contribution >= 0.6 is 0 Å². The number of likely N-dealkylation sites (N-methyl/N-ethyl adjacent to an activating group) is 1. The van der Waals surface area contributed by atoms with Gasteiger partial charge >= 0.3 is 0 Å². The van der Waals surface area contributed by atoms with Crippen LogP contribution in [0.5, 0.6) is 0 Å². The minimum Gasteiger partial charge on any atom is -0.399 e. The molecule has 0 bridgehead atoms.